The molecule has 0 aliphatic rings. The Labute approximate surface area is 108 Å². The number of halogens is 3. The van der Waals surface area contributed by atoms with Crippen LogP contribution in [0.1, 0.15) is 25.8 Å². The molecule has 1 aromatic carbocycles. The first kappa shape index (κ1) is 14.5. The molecule has 1 aromatic rings. The van der Waals surface area contributed by atoms with Crippen molar-refractivity contribution in [3.8, 4) is 0 Å². The van der Waals surface area contributed by atoms with Crippen LogP contribution in [-0.4, -0.2) is 12.1 Å². The molecule has 5 heteroatoms. The Morgan fingerprint density at radius 3 is 2.65 bits per heavy atom. The van der Waals surface area contributed by atoms with Gasteiger partial charge in [0.25, 0.3) is 0 Å². The van der Waals surface area contributed by atoms with E-state index in [2.05, 4.69) is 15.9 Å². The Balaban J connectivity index is 2.67. The van der Waals surface area contributed by atoms with Crippen molar-refractivity contribution in [2.24, 2.45) is 5.73 Å². The van der Waals surface area contributed by atoms with Crippen LogP contribution in [-0.2, 0) is 11.3 Å². The summed E-state index contributed by atoms with van der Waals surface area (Å²) in [4.78, 5) is 0. The summed E-state index contributed by atoms with van der Waals surface area (Å²) in [6.07, 6.45) is 0.733. The fourth-order valence-electron chi connectivity index (χ4n) is 1.19. The van der Waals surface area contributed by atoms with Crippen molar-refractivity contribution < 1.29 is 13.5 Å². The molecule has 0 spiro atoms. The molecule has 0 saturated heterocycles. The second-order valence-electron chi connectivity index (χ2n) is 4.32. The number of rotatable bonds is 5. The molecule has 0 radical (unpaired) electrons. The Morgan fingerprint density at radius 1 is 1.41 bits per heavy atom. The summed E-state index contributed by atoms with van der Waals surface area (Å²) >= 11 is 3.00. The van der Waals surface area contributed by atoms with Crippen molar-refractivity contribution in [2.45, 2.75) is 32.4 Å². The first-order chi connectivity index (χ1) is 7.87. The van der Waals surface area contributed by atoms with Crippen molar-refractivity contribution in [2.75, 3.05) is 6.61 Å². The lowest BCUT2D eigenvalue weighted by atomic mass is 10.0. The monoisotopic (exact) mass is 307 g/mol. The van der Waals surface area contributed by atoms with Crippen LogP contribution < -0.4 is 5.73 Å². The van der Waals surface area contributed by atoms with E-state index in [0.29, 0.717) is 0 Å². The van der Waals surface area contributed by atoms with Crippen LogP contribution in [0.5, 0.6) is 0 Å². The fourth-order valence-corrected chi connectivity index (χ4v) is 1.56. The van der Waals surface area contributed by atoms with Gasteiger partial charge in [-0.1, -0.05) is 6.92 Å². The Morgan fingerprint density at radius 2 is 2.06 bits per heavy atom. The fraction of sp³-hybridized carbons (Fsp3) is 0.500. The van der Waals surface area contributed by atoms with E-state index in [9.17, 15) is 8.78 Å². The average molecular weight is 308 g/mol. The Hall–Kier alpha value is -0.520. The molecule has 1 atom stereocenters. The molecule has 0 amide bonds. The third kappa shape index (κ3) is 4.01. The minimum atomic E-state index is -0.625. The second kappa shape index (κ2) is 5.89. The number of benzene rings is 1. The molecule has 1 rings (SSSR count). The maximum Gasteiger partial charge on any atom is 0.145 e. The summed E-state index contributed by atoms with van der Waals surface area (Å²) in [5.74, 6) is -1.24. The predicted molar refractivity (Wildman–Crippen MR) is 66.6 cm³/mol. The van der Waals surface area contributed by atoms with Gasteiger partial charge in [-0.05, 0) is 41.4 Å². The van der Waals surface area contributed by atoms with Crippen molar-refractivity contribution in [1.82, 2.24) is 0 Å². The maximum absolute atomic E-state index is 13.6. The minimum absolute atomic E-state index is 0.0775. The highest BCUT2D eigenvalue weighted by atomic mass is 79.9. The average Bonchev–Trinajstić information content (AvgIpc) is 2.28. The summed E-state index contributed by atoms with van der Waals surface area (Å²) in [5.41, 5.74) is 5.31. The van der Waals surface area contributed by atoms with E-state index in [-0.39, 0.29) is 23.2 Å². The van der Waals surface area contributed by atoms with Gasteiger partial charge >= 0.3 is 0 Å². The van der Waals surface area contributed by atoms with Gasteiger partial charge in [-0.3, -0.25) is 0 Å². The van der Waals surface area contributed by atoms with Crippen molar-refractivity contribution in [3.05, 3.63) is 33.8 Å². The van der Waals surface area contributed by atoms with E-state index in [0.717, 1.165) is 6.42 Å². The van der Waals surface area contributed by atoms with E-state index >= 15 is 0 Å². The van der Waals surface area contributed by atoms with Crippen LogP contribution in [0.15, 0.2) is 16.6 Å². The van der Waals surface area contributed by atoms with Crippen LogP contribution in [0.4, 0.5) is 8.78 Å². The SMILES string of the molecule is CCC(C)(N)COCc1c(F)ccc(Br)c1F. The summed E-state index contributed by atoms with van der Waals surface area (Å²) in [5, 5.41) is 0. The molecular formula is C12H16BrF2NO. The standard InChI is InChI=1S/C12H16BrF2NO/c1-3-12(2,16)7-17-6-8-10(14)5-4-9(13)11(8)15/h4-5H,3,6-7,16H2,1-2H3. The highest BCUT2D eigenvalue weighted by molar-refractivity contribution is 9.10. The number of hydrogen-bond acceptors (Lipinski definition) is 2. The lowest BCUT2D eigenvalue weighted by Gasteiger charge is -2.22. The zero-order valence-corrected chi connectivity index (χ0v) is 11.5. The molecule has 17 heavy (non-hydrogen) atoms. The maximum atomic E-state index is 13.6. The summed E-state index contributed by atoms with van der Waals surface area (Å²) in [6.45, 7) is 3.91. The van der Waals surface area contributed by atoms with Crippen LogP contribution in [0.3, 0.4) is 0 Å². The first-order valence-corrected chi connectivity index (χ1v) is 6.15. The van der Waals surface area contributed by atoms with Gasteiger partial charge in [0.1, 0.15) is 11.6 Å². The molecule has 0 aromatic heterocycles. The van der Waals surface area contributed by atoms with E-state index in [1.807, 2.05) is 13.8 Å². The third-order valence-corrected chi connectivity index (χ3v) is 3.24. The topological polar surface area (TPSA) is 35.2 Å². The molecule has 2 nitrogen and oxygen atoms in total. The number of nitrogens with two attached hydrogens (primary N) is 1. The third-order valence-electron chi connectivity index (χ3n) is 2.62. The smallest absolute Gasteiger partial charge is 0.145 e. The molecule has 0 aliphatic heterocycles. The molecule has 0 heterocycles. The van der Waals surface area contributed by atoms with Crippen molar-refractivity contribution in [1.29, 1.82) is 0 Å². The lowest BCUT2D eigenvalue weighted by molar-refractivity contribution is 0.0740. The molecule has 2 N–H and O–H groups in total. The summed E-state index contributed by atoms with van der Waals surface area (Å²) < 4.78 is 32.4. The van der Waals surface area contributed by atoms with Crippen LogP contribution in [0, 0.1) is 11.6 Å². The number of hydrogen-bond donors (Lipinski definition) is 1. The Kier molecular flexibility index (Phi) is 5.04. The molecular weight excluding hydrogens is 292 g/mol. The molecule has 0 bridgehead atoms. The van der Waals surface area contributed by atoms with Gasteiger partial charge in [0.15, 0.2) is 0 Å². The van der Waals surface area contributed by atoms with Gasteiger partial charge < -0.3 is 10.5 Å². The van der Waals surface area contributed by atoms with E-state index in [4.69, 9.17) is 10.5 Å². The second-order valence-corrected chi connectivity index (χ2v) is 5.18. The zero-order chi connectivity index (χ0) is 13.1. The highest BCUT2D eigenvalue weighted by Crippen LogP contribution is 2.22. The number of ether oxygens (including phenoxy) is 1. The summed E-state index contributed by atoms with van der Waals surface area (Å²) in [7, 11) is 0. The van der Waals surface area contributed by atoms with E-state index in [1.54, 1.807) is 0 Å². The van der Waals surface area contributed by atoms with Gasteiger partial charge in [-0.2, -0.15) is 0 Å². The molecule has 0 saturated carbocycles. The largest absolute Gasteiger partial charge is 0.375 e. The van der Waals surface area contributed by atoms with Gasteiger partial charge in [0, 0.05) is 5.54 Å². The highest BCUT2D eigenvalue weighted by Gasteiger charge is 2.17. The first-order valence-electron chi connectivity index (χ1n) is 5.36. The van der Waals surface area contributed by atoms with Gasteiger partial charge in [-0.15, -0.1) is 0 Å². The van der Waals surface area contributed by atoms with Crippen LogP contribution >= 0.6 is 15.9 Å². The van der Waals surface area contributed by atoms with Crippen LogP contribution in [0.2, 0.25) is 0 Å². The normalized spacial score (nSPS) is 14.7. The van der Waals surface area contributed by atoms with Crippen molar-refractivity contribution in [3.63, 3.8) is 0 Å². The van der Waals surface area contributed by atoms with E-state index in [1.165, 1.54) is 12.1 Å². The van der Waals surface area contributed by atoms with Gasteiger partial charge in [-0.25, -0.2) is 8.78 Å². The van der Waals surface area contributed by atoms with Crippen molar-refractivity contribution >= 4 is 15.9 Å². The lowest BCUT2D eigenvalue weighted by Crippen LogP contribution is -2.40. The predicted octanol–water partition coefficient (Wildman–Crippen LogP) is 3.37. The quantitative estimate of drug-likeness (QED) is 0.847. The summed E-state index contributed by atoms with van der Waals surface area (Å²) in [6, 6.07) is 2.53. The zero-order valence-electron chi connectivity index (χ0n) is 9.90. The Bertz CT molecular complexity index is 396. The molecule has 1 unspecified atom stereocenters. The van der Waals surface area contributed by atoms with E-state index < -0.39 is 17.2 Å². The molecule has 0 aliphatic carbocycles. The minimum Gasteiger partial charge on any atom is -0.375 e. The van der Waals surface area contributed by atoms with Crippen LogP contribution in [0.25, 0.3) is 0 Å². The molecule has 96 valence electrons. The van der Waals surface area contributed by atoms with Gasteiger partial charge in [0.2, 0.25) is 0 Å². The molecule has 0 fully saturated rings. The van der Waals surface area contributed by atoms with Gasteiger partial charge in [0.05, 0.1) is 23.2 Å².